The summed E-state index contributed by atoms with van der Waals surface area (Å²) in [5.74, 6) is 0. The van der Waals surface area contributed by atoms with Crippen LogP contribution in [0.1, 0.15) is 0 Å². The zero-order valence-corrected chi connectivity index (χ0v) is 4.82. The van der Waals surface area contributed by atoms with Gasteiger partial charge < -0.3 is 9.32 Å². The Hall–Kier alpha value is 1.03. The largest absolute Gasteiger partial charge is 2.00 e. The van der Waals surface area contributed by atoms with Crippen molar-refractivity contribution in [1.82, 2.24) is 0 Å². The Balaban J connectivity index is -0.0000000133. The molecule has 0 aliphatic rings. The van der Waals surface area contributed by atoms with Crippen LogP contribution in [0.25, 0.3) is 0 Å². The van der Waals surface area contributed by atoms with Crippen LogP contribution in [-0.4, -0.2) is 17.4 Å². The minimum absolute atomic E-state index is 0. The summed E-state index contributed by atoms with van der Waals surface area (Å²) in [6.45, 7) is 0. The third kappa shape index (κ3) is 43.4. The molecule has 0 aliphatic carbocycles. The molecule has 0 amide bonds. The van der Waals surface area contributed by atoms with Gasteiger partial charge in [-0.25, -0.2) is 23.7 Å². The Morgan fingerprint density at radius 3 is 0.800 bits per heavy atom. The zero-order valence-electron chi connectivity index (χ0n) is 2.15. The summed E-state index contributed by atoms with van der Waals surface area (Å²) in [5, 5.41) is 0. The molecule has 0 atom stereocenters. The van der Waals surface area contributed by atoms with Crippen molar-refractivity contribution in [3.63, 3.8) is 0 Å². The fourth-order valence-corrected chi connectivity index (χ4v) is 0. The van der Waals surface area contributed by atoms with Gasteiger partial charge in [0.2, 0.25) is 0 Å². The van der Waals surface area contributed by atoms with Crippen LogP contribution in [0.4, 0.5) is 0 Å². The van der Waals surface area contributed by atoms with Crippen molar-refractivity contribution in [2.24, 2.45) is 0 Å². The van der Waals surface area contributed by atoms with Gasteiger partial charge in [-0.15, -0.1) is 0 Å². The van der Waals surface area contributed by atoms with Crippen molar-refractivity contribution < 1.29 is 9.32 Å². The van der Waals surface area contributed by atoms with E-state index < -0.39 is 0 Å². The molecule has 0 aromatic heterocycles. The molecule has 0 unspecified atom stereocenters. The van der Waals surface area contributed by atoms with Crippen LogP contribution < -0.4 is 9.32 Å². The minimum Gasteiger partial charge on any atom is -0.769 e. The van der Waals surface area contributed by atoms with E-state index in [0.29, 0.717) is 0 Å². The van der Waals surface area contributed by atoms with E-state index in [4.69, 9.17) is 9.32 Å². The van der Waals surface area contributed by atoms with Crippen molar-refractivity contribution in [3.05, 3.63) is 0 Å². The molecule has 0 rings (SSSR count). The predicted molar refractivity (Wildman–Crippen MR) is 17.5 cm³/mol. The molecule has 5 heteroatoms. The average molecular weight is 130 g/mol. The second kappa shape index (κ2) is 76.8. The van der Waals surface area contributed by atoms with Gasteiger partial charge in [0.1, 0.15) is 0 Å². The van der Waals surface area contributed by atoms with Crippen LogP contribution in [0, 0.1) is 0 Å². The molecule has 5 heavy (non-hydrogen) atoms. The van der Waals surface area contributed by atoms with Crippen molar-refractivity contribution in [2.45, 2.75) is 0 Å². The first-order valence-corrected chi connectivity index (χ1v) is 0.926. The monoisotopic (exact) mass is 129 g/mol. The smallest absolute Gasteiger partial charge is 0.769 e. The van der Waals surface area contributed by atoms with E-state index >= 15 is 0 Å². The van der Waals surface area contributed by atoms with Gasteiger partial charge in [0.25, 0.3) is 0 Å². The summed E-state index contributed by atoms with van der Waals surface area (Å²) < 4.78 is 15.4. The van der Waals surface area contributed by atoms with Crippen molar-refractivity contribution >= 4 is 41.1 Å². The third-order valence-electron chi connectivity index (χ3n) is 0. The Bertz CT molecular complexity index is 7.61. The first-order valence-electron chi connectivity index (χ1n) is 0.309. The molecule has 0 saturated carbocycles. The second-order valence-corrected chi connectivity index (χ2v) is 0. The maximum atomic E-state index is 7.72. The van der Waals surface area contributed by atoms with Gasteiger partial charge in [-0.2, -0.15) is 0 Å². The van der Waals surface area contributed by atoms with Gasteiger partial charge in [0.15, 0.2) is 0 Å². The SMILES string of the molecule is [Al+2].[O-]Cl.[O-]Cl. The topological polar surface area (TPSA) is 46.1 Å². The predicted octanol–water partition coefficient (Wildman–Crippen LogP) is -1.38. The first-order chi connectivity index (χ1) is 2.00. The molecule has 0 aromatic carbocycles. The molecule has 0 N–H and O–H groups in total. The number of hydrogen-bond acceptors (Lipinski definition) is 2. The van der Waals surface area contributed by atoms with E-state index in [1.807, 2.05) is 0 Å². The summed E-state index contributed by atoms with van der Waals surface area (Å²) in [5.41, 5.74) is 0. The summed E-state index contributed by atoms with van der Waals surface area (Å²) in [6.07, 6.45) is 0. The third-order valence-corrected chi connectivity index (χ3v) is 0. The van der Waals surface area contributed by atoms with E-state index in [1.54, 1.807) is 0 Å². The molecule has 0 spiro atoms. The Morgan fingerprint density at radius 1 is 0.800 bits per heavy atom. The standard InChI is InChI=1S/Al.2ClO/c;2*1-2/q+2;2*-1. The molecule has 0 heterocycles. The van der Waals surface area contributed by atoms with Gasteiger partial charge in [-0.05, 0) is 0 Å². The molecule has 0 fully saturated rings. The molecule has 0 aromatic rings. The summed E-state index contributed by atoms with van der Waals surface area (Å²) in [6, 6.07) is 0. The first kappa shape index (κ1) is 16.6. The Morgan fingerprint density at radius 2 is 0.800 bits per heavy atom. The number of halogens is 2. The second-order valence-electron chi connectivity index (χ2n) is 0. The quantitative estimate of drug-likeness (QED) is 0.379. The molecule has 2 nitrogen and oxygen atoms in total. The van der Waals surface area contributed by atoms with E-state index in [0.717, 1.165) is 0 Å². The number of rotatable bonds is 0. The minimum atomic E-state index is 0. The van der Waals surface area contributed by atoms with E-state index in [9.17, 15) is 0 Å². The molecule has 29 valence electrons. The normalized spacial score (nSPS) is 2.40. The number of hydrogen-bond donors (Lipinski definition) is 0. The van der Waals surface area contributed by atoms with E-state index in [1.165, 1.54) is 0 Å². The molecule has 1 radical (unpaired) electrons. The van der Waals surface area contributed by atoms with E-state index in [2.05, 4.69) is 23.7 Å². The van der Waals surface area contributed by atoms with Crippen LogP contribution in [-0.2, 0) is 0 Å². The van der Waals surface area contributed by atoms with Crippen LogP contribution in [0.3, 0.4) is 0 Å². The van der Waals surface area contributed by atoms with Crippen LogP contribution in [0.5, 0.6) is 0 Å². The molecule has 0 bridgehead atoms. The Labute approximate surface area is 50.8 Å². The maximum Gasteiger partial charge on any atom is 2.00 e. The fourth-order valence-electron chi connectivity index (χ4n) is 0. The average Bonchev–Trinajstić information content (AvgIpc) is 1.50. The summed E-state index contributed by atoms with van der Waals surface area (Å²) in [4.78, 5) is 0. The Kier molecular flexibility index (Phi) is 255. The fraction of sp³-hybridized carbons (Fsp3) is 0. The molecular weight excluding hydrogens is 130 g/mol. The summed E-state index contributed by atoms with van der Waals surface area (Å²) >= 11 is 6.78. The van der Waals surface area contributed by atoms with Gasteiger partial charge in [-0.1, -0.05) is 0 Å². The van der Waals surface area contributed by atoms with E-state index in [-0.39, 0.29) is 17.4 Å². The van der Waals surface area contributed by atoms with Gasteiger partial charge in [0.05, 0.1) is 0 Å². The maximum absolute atomic E-state index is 7.72. The van der Waals surface area contributed by atoms with Crippen molar-refractivity contribution in [1.29, 1.82) is 0 Å². The van der Waals surface area contributed by atoms with Crippen LogP contribution in [0.2, 0.25) is 0 Å². The van der Waals surface area contributed by atoms with Crippen molar-refractivity contribution in [2.75, 3.05) is 0 Å². The molecule has 0 aliphatic heterocycles. The van der Waals surface area contributed by atoms with Gasteiger partial charge in [-0.3, -0.25) is 0 Å². The van der Waals surface area contributed by atoms with Crippen LogP contribution in [0.15, 0.2) is 0 Å². The van der Waals surface area contributed by atoms with Crippen LogP contribution >= 0.6 is 23.7 Å². The molecular formula is AlCl2O2. The van der Waals surface area contributed by atoms with Gasteiger partial charge in [0, 0.05) is 0 Å². The molecule has 0 saturated heterocycles. The van der Waals surface area contributed by atoms with Crippen molar-refractivity contribution in [3.8, 4) is 0 Å². The summed E-state index contributed by atoms with van der Waals surface area (Å²) in [7, 11) is 0. The zero-order chi connectivity index (χ0) is 4.00. The van der Waals surface area contributed by atoms with Gasteiger partial charge >= 0.3 is 17.4 Å².